The summed E-state index contributed by atoms with van der Waals surface area (Å²) in [4.78, 5) is 23.8. The fourth-order valence-corrected chi connectivity index (χ4v) is 6.78. The van der Waals surface area contributed by atoms with Gasteiger partial charge in [-0.15, -0.1) is 11.8 Å². The smallest absolute Gasteiger partial charge is 0.355 e. The van der Waals surface area contributed by atoms with Crippen molar-refractivity contribution in [2.75, 3.05) is 18.0 Å². The van der Waals surface area contributed by atoms with E-state index in [1.807, 2.05) is 35.6 Å². The number of hydrogen-bond donors (Lipinski definition) is 0. The topological polar surface area (TPSA) is 68.1 Å². The van der Waals surface area contributed by atoms with E-state index in [1.54, 1.807) is 23.5 Å². The number of aryl methyl sites for hydroxylation is 1. The molecule has 1 aliphatic heterocycles. The summed E-state index contributed by atoms with van der Waals surface area (Å²) in [6, 6.07) is 6.68. The molecule has 0 spiro atoms. The standard InChI is InChI=1S/C25H33FN4S2.CO2/c1-16(2)31-23-22(29-12-10-19(11-13-29)25(4,5)6)27-24(32-23)30-15-21(17(3)28-30)18-8-7-9-20(26)14-18;2-1-3/h7-9,14-16,19H,10-13H2,1-6H3;. The van der Waals surface area contributed by atoms with Gasteiger partial charge in [-0.25, -0.2) is 9.07 Å². The highest BCUT2D eigenvalue weighted by atomic mass is 32.2. The molecule has 0 bridgehead atoms. The normalized spacial score (nSPS) is 14.6. The quantitative estimate of drug-likeness (QED) is 0.355. The number of aromatic nitrogens is 3. The van der Waals surface area contributed by atoms with Gasteiger partial charge in [0.1, 0.15) is 10.0 Å². The Labute approximate surface area is 214 Å². The zero-order valence-electron chi connectivity index (χ0n) is 21.2. The predicted octanol–water partition coefficient (Wildman–Crippen LogP) is 6.62. The van der Waals surface area contributed by atoms with Gasteiger partial charge >= 0.3 is 6.15 Å². The van der Waals surface area contributed by atoms with Gasteiger partial charge in [-0.3, -0.25) is 0 Å². The van der Waals surface area contributed by atoms with E-state index in [9.17, 15) is 4.39 Å². The lowest BCUT2D eigenvalue weighted by atomic mass is 9.75. The van der Waals surface area contributed by atoms with E-state index >= 15 is 0 Å². The van der Waals surface area contributed by atoms with Crippen LogP contribution < -0.4 is 4.90 Å². The molecule has 1 fully saturated rings. The van der Waals surface area contributed by atoms with Crippen LogP contribution in [-0.4, -0.2) is 39.3 Å². The Bertz CT molecular complexity index is 1170. The number of halogens is 1. The zero-order chi connectivity index (χ0) is 25.8. The van der Waals surface area contributed by atoms with Gasteiger partial charge in [0.25, 0.3) is 0 Å². The van der Waals surface area contributed by atoms with Crippen LogP contribution in [0.2, 0.25) is 0 Å². The summed E-state index contributed by atoms with van der Waals surface area (Å²) in [5.74, 6) is 1.61. The number of benzene rings is 1. The second-order valence-electron chi connectivity index (χ2n) is 10.1. The molecule has 0 amide bonds. The van der Waals surface area contributed by atoms with Gasteiger partial charge in [-0.2, -0.15) is 19.7 Å². The van der Waals surface area contributed by atoms with E-state index in [1.165, 1.54) is 23.1 Å². The number of thioether (sulfide) groups is 1. The molecule has 3 aromatic rings. The Hall–Kier alpha value is -2.48. The third-order valence-corrected chi connectivity index (χ3v) is 8.40. The van der Waals surface area contributed by atoms with Crippen molar-refractivity contribution in [3.8, 4) is 16.3 Å². The molecule has 0 saturated carbocycles. The fourth-order valence-electron chi connectivity index (χ4n) is 4.33. The molecule has 35 heavy (non-hydrogen) atoms. The zero-order valence-corrected chi connectivity index (χ0v) is 22.8. The van der Waals surface area contributed by atoms with Crippen LogP contribution in [0.1, 0.15) is 53.2 Å². The van der Waals surface area contributed by atoms with E-state index in [4.69, 9.17) is 19.7 Å². The van der Waals surface area contributed by atoms with Crippen molar-refractivity contribution in [3.05, 3.63) is 42.0 Å². The molecule has 1 saturated heterocycles. The summed E-state index contributed by atoms with van der Waals surface area (Å²) < 4.78 is 16.9. The van der Waals surface area contributed by atoms with E-state index in [-0.39, 0.29) is 12.0 Å². The van der Waals surface area contributed by atoms with E-state index < -0.39 is 0 Å². The fraction of sp³-hybridized carbons (Fsp3) is 0.500. The SMILES string of the molecule is Cc1nn(-c2nc(N3CCC(C(C)(C)C)CC3)c(SC(C)C)s2)cc1-c1cccc(F)c1.O=C=O. The van der Waals surface area contributed by atoms with E-state index in [0.29, 0.717) is 10.7 Å². The molecule has 188 valence electrons. The number of hydrogen-bond acceptors (Lipinski definition) is 7. The summed E-state index contributed by atoms with van der Waals surface area (Å²) in [6.45, 7) is 15.6. The Balaban J connectivity index is 0.00000108. The van der Waals surface area contributed by atoms with Crippen LogP contribution in [0, 0.1) is 24.1 Å². The molecule has 0 aliphatic carbocycles. The number of nitrogens with zero attached hydrogens (tertiary/aromatic N) is 4. The predicted molar refractivity (Wildman–Crippen MR) is 140 cm³/mol. The van der Waals surface area contributed by atoms with Crippen molar-refractivity contribution in [2.24, 2.45) is 11.3 Å². The highest BCUT2D eigenvalue weighted by molar-refractivity contribution is 8.01. The summed E-state index contributed by atoms with van der Waals surface area (Å²) in [7, 11) is 0. The molecule has 6 nitrogen and oxygen atoms in total. The first-order chi connectivity index (χ1) is 16.5. The van der Waals surface area contributed by atoms with E-state index in [2.05, 4.69) is 39.5 Å². The van der Waals surface area contributed by atoms with E-state index in [0.717, 1.165) is 46.8 Å². The van der Waals surface area contributed by atoms with Gasteiger partial charge in [0.15, 0.2) is 5.82 Å². The lowest BCUT2D eigenvalue weighted by Gasteiger charge is -2.39. The van der Waals surface area contributed by atoms with Crippen molar-refractivity contribution >= 4 is 35.1 Å². The lowest BCUT2D eigenvalue weighted by molar-refractivity contribution is -0.191. The maximum absolute atomic E-state index is 13.8. The molecule has 0 atom stereocenters. The van der Waals surface area contributed by atoms with Gasteiger partial charge in [0.2, 0.25) is 5.13 Å². The Kier molecular flexibility index (Phi) is 8.91. The molecule has 2 aromatic heterocycles. The lowest BCUT2D eigenvalue weighted by Crippen LogP contribution is -2.38. The maximum atomic E-state index is 13.8. The molecule has 4 rings (SSSR count). The molecule has 0 radical (unpaired) electrons. The number of carbonyl (C=O) groups excluding carboxylic acids is 2. The number of thiazole rings is 1. The Morgan fingerprint density at radius 1 is 1.20 bits per heavy atom. The summed E-state index contributed by atoms with van der Waals surface area (Å²) in [6.07, 6.45) is 4.63. The Morgan fingerprint density at radius 2 is 1.86 bits per heavy atom. The minimum Gasteiger partial charge on any atom is -0.355 e. The largest absolute Gasteiger partial charge is 0.373 e. The molecule has 1 aliphatic rings. The van der Waals surface area contributed by atoms with Crippen LogP contribution in [0.25, 0.3) is 16.3 Å². The summed E-state index contributed by atoms with van der Waals surface area (Å²) >= 11 is 3.57. The van der Waals surface area contributed by atoms with Crippen LogP contribution in [0.4, 0.5) is 10.2 Å². The summed E-state index contributed by atoms with van der Waals surface area (Å²) in [5, 5.41) is 6.07. The molecule has 0 N–H and O–H groups in total. The minimum atomic E-state index is -0.236. The van der Waals surface area contributed by atoms with Crippen LogP contribution in [0.3, 0.4) is 0 Å². The van der Waals surface area contributed by atoms with Crippen LogP contribution in [0.5, 0.6) is 0 Å². The first-order valence-electron chi connectivity index (χ1n) is 11.8. The van der Waals surface area contributed by atoms with Crippen molar-refractivity contribution < 1.29 is 14.0 Å². The maximum Gasteiger partial charge on any atom is 0.373 e. The minimum absolute atomic E-state index is 0.236. The first kappa shape index (κ1) is 27.1. The van der Waals surface area contributed by atoms with Crippen molar-refractivity contribution in [3.63, 3.8) is 0 Å². The first-order valence-corrected chi connectivity index (χ1v) is 13.5. The second kappa shape index (κ2) is 11.5. The molecular formula is C26H33FN4O2S2. The van der Waals surface area contributed by atoms with Gasteiger partial charge in [0.05, 0.1) is 5.69 Å². The Morgan fingerprint density at radius 3 is 2.43 bits per heavy atom. The molecule has 0 unspecified atom stereocenters. The van der Waals surface area contributed by atoms with Crippen molar-refractivity contribution in [2.45, 2.75) is 63.8 Å². The second-order valence-corrected chi connectivity index (χ2v) is 12.9. The number of rotatable bonds is 5. The van der Waals surface area contributed by atoms with Gasteiger partial charge in [-0.1, -0.05) is 58.1 Å². The van der Waals surface area contributed by atoms with Gasteiger partial charge in [-0.05, 0) is 48.8 Å². The average molecular weight is 517 g/mol. The monoisotopic (exact) mass is 516 g/mol. The molecule has 3 heterocycles. The highest BCUT2D eigenvalue weighted by Gasteiger charge is 2.31. The van der Waals surface area contributed by atoms with Crippen LogP contribution >= 0.6 is 23.1 Å². The van der Waals surface area contributed by atoms with Crippen LogP contribution in [0.15, 0.2) is 34.7 Å². The highest BCUT2D eigenvalue weighted by Crippen LogP contribution is 2.42. The van der Waals surface area contributed by atoms with Crippen molar-refractivity contribution in [1.29, 1.82) is 0 Å². The van der Waals surface area contributed by atoms with Crippen molar-refractivity contribution in [1.82, 2.24) is 14.8 Å². The summed E-state index contributed by atoms with van der Waals surface area (Å²) in [5.41, 5.74) is 3.00. The molecule has 1 aromatic carbocycles. The third kappa shape index (κ3) is 6.81. The third-order valence-electron chi connectivity index (χ3n) is 6.16. The number of anilines is 1. The van der Waals surface area contributed by atoms with Crippen LogP contribution in [-0.2, 0) is 9.59 Å². The van der Waals surface area contributed by atoms with Gasteiger partial charge < -0.3 is 4.90 Å². The molecular weight excluding hydrogens is 483 g/mol. The molecule has 9 heteroatoms. The number of piperidine rings is 1. The average Bonchev–Trinajstić information content (AvgIpc) is 3.37. The van der Waals surface area contributed by atoms with Gasteiger partial charge in [0, 0.05) is 30.1 Å².